The van der Waals surface area contributed by atoms with Crippen LogP contribution < -0.4 is 5.32 Å². The van der Waals surface area contributed by atoms with Crippen molar-refractivity contribution in [1.29, 1.82) is 0 Å². The summed E-state index contributed by atoms with van der Waals surface area (Å²) in [5.41, 5.74) is 2.56. The lowest BCUT2D eigenvalue weighted by Crippen LogP contribution is -2.46. The molecule has 0 aromatic heterocycles. The van der Waals surface area contributed by atoms with Gasteiger partial charge in [0.25, 0.3) is 0 Å². The maximum absolute atomic E-state index is 12.6. The SMILES string of the molecule is CC(C(=O)NC(CC1CCCc2ccccc21)C(=O)O)C1CCOCC1. The minimum atomic E-state index is -0.944. The average molecular weight is 359 g/mol. The van der Waals surface area contributed by atoms with Gasteiger partial charge in [-0.2, -0.15) is 0 Å². The van der Waals surface area contributed by atoms with Crippen LogP contribution in [0.2, 0.25) is 0 Å². The molecule has 3 rings (SSSR count). The van der Waals surface area contributed by atoms with Gasteiger partial charge in [-0.25, -0.2) is 4.79 Å². The van der Waals surface area contributed by atoms with E-state index in [9.17, 15) is 14.7 Å². The molecule has 1 aromatic rings. The van der Waals surface area contributed by atoms with Crippen molar-refractivity contribution in [2.45, 2.75) is 57.4 Å². The van der Waals surface area contributed by atoms with Crippen molar-refractivity contribution in [3.8, 4) is 0 Å². The van der Waals surface area contributed by atoms with Crippen LogP contribution in [0.5, 0.6) is 0 Å². The molecule has 5 heteroatoms. The number of carboxylic acids is 1. The van der Waals surface area contributed by atoms with Crippen molar-refractivity contribution in [3.63, 3.8) is 0 Å². The number of nitrogens with one attached hydrogen (secondary N) is 1. The van der Waals surface area contributed by atoms with Gasteiger partial charge in [0.05, 0.1) is 0 Å². The summed E-state index contributed by atoms with van der Waals surface area (Å²) < 4.78 is 5.36. The minimum Gasteiger partial charge on any atom is -0.480 e. The zero-order valence-electron chi connectivity index (χ0n) is 15.4. The third-order valence-corrected chi connectivity index (χ3v) is 6.02. The van der Waals surface area contributed by atoms with Crippen LogP contribution in [-0.2, 0) is 20.7 Å². The van der Waals surface area contributed by atoms with Gasteiger partial charge in [-0.3, -0.25) is 4.79 Å². The molecule has 0 bridgehead atoms. The zero-order chi connectivity index (χ0) is 18.5. The molecule has 5 nitrogen and oxygen atoms in total. The molecule has 1 saturated heterocycles. The molecule has 0 saturated carbocycles. The molecule has 1 heterocycles. The first-order valence-corrected chi connectivity index (χ1v) is 9.75. The van der Waals surface area contributed by atoms with Gasteiger partial charge in [0.15, 0.2) is 0 Å². The lowest BCUT2D eigenvalue weighted by Gasteiger charge is -2.30. The molecule has 3 unspecified atom stereocenters. The summed E-state index contributed by atoms with van der Waals surface area (Å²) in [6.07, 6.45) is 5.29. The number of rotatable bonds is 6. The van der Waals surface area contributed by atoms with Gasteiger partial charge in [-0.15, -0.1) is 0 Å². The monoisotopic (exact) mass is 359 g/mol. The van der Waals surface area contributed by atoms with Gasteiger partial charge < -0.3 is 15.2 Å². The summed E-state index contributed by atoms with van der Waals surface area (Å²) in [6.45, 7) is 3.27. The molecule has 2 aliphatic rings. The summed E-state index contributed by atoms with van der Waals surface area (Å²) in [6, 6.07) is 7.44. The Morgan fingerprint density at radius 2 is 1.96 bits per heavy atom. The fourth-order valence-electron chi connectivity index (χ4n) is 4.34. The number of aliphatic carboxylic acids is 1. The van der Waals surface area contributed by atoms with Crippen molar-refractivity contribution in [2.24, 2.45) is 11.8 Å². The Morgan fingerprint density at radius 3 is 2.69 bits per heavy atom. The van der Waals surface area contributed by atoms with Crippen LogP contribution in [0.3, 0.4) is 0 Å². The average Bonchev–Trinajstić information content (AvgIpc) is 2.67. The van der Waals surface area contributed by atoms with Crippen LogP contribution in [0, 0.1) is 11.8 Å². The van der Waals surface area contributed by atoms with E-state index < -0.39 is 12.0 Å². The highest BCUT2D eigenvalue weighted by Crippen LogP contribution is 2.35. The maximum atomic E-state index is 12.6. The minimum absolute atomic E-state index is 0.145. The molecule has 1 fully saturated rings. The number of benzene rings is 1. The number of hydrogen-bond donors (Lipinski definition) is 2. The van der Waals surface area contributed by atoms with Gasteiger partial charge in [-0.05, 0) is 61.5 Å². The first-order chi connectivity index (χ1) is 12.6. The predicted molar refractivity (Wildman–Crippen MR) is 99.0 cm³/mol. The number of hydrogen-bond acceptors (Lipinski definition) is 3. The van der Waals surface area contributed by atoms with Crippen molar-refractivity contribution >= 4 is 11.9 Å². The van der Waals surface area contributed by atoms with Crippen molar-refractivity contribution < 1.29 is 19.4 Å². The van der Waals surface area contributed by atoms with Gasteiger partial charge in [-0.1, -0.05) is 31.2 Å². The van der Waals surface area contributed by atoms with Gasteiger partial charge >= 0.3 is 5.97 Å². The number of fused-ring (bicyclic) bond motifs is 1. The van der Waals surface area contributed by atoms with Crippen molar-refractivity contribution in [2.75, 3.05) is 13.2 Å². The lowest BCUT2D eigenvalue weighted by molar-refractivity contribution is -0.143. The molecule has 3 atom stereocenters. The fraction of sp³-hybridized carbons (Fsp3) is 0.619. The molecule has 1 amide bonds. The summed E-state index contributed by atoms with van der Waals surface area (Å²) in [7, 11) is 0. The highest BCUT2D eigenvalue weighted by Gasteiger charge is 2.31. The molecule has 26 heavy (non-hydrogen) atoms. The molecule has 0 radical (unpaired) electrons. The summed E-state index contributed by atoms with van der Waals surface area (Å²) in [4.78, 5) is 24.4. The summed E-state index contributed by atoms with van der Waals surface area (Å²) in [5.74, 6) is -0.804. The van der Waals surface area contributed by atoms with Crippen LogP contribution >= 0.6 is 0 Å². The number of carboxylic acid groups (broad SMARTS) is 1. The molecule has 1 aromatic carbocycles. The fourth-order valence-corrected chi connectivity index (χ4v) is 4.34. The number of carbonyl (C=O) groups excluding carboxylic acids is 1. The lowest BCUT2D eigenvalue weighted by atomic mass is 9.79. The number of carbonyl (C=O) groups is 2. The Kier molecular flexibility index (Phi) is 6.30. The zero-order valence-corrected chi connectivity index (χ0v) is 15.4. The van der Waals surface area contributed by atoms with Crippen LogP contribution in [0.4, 0.5) is 0 Å². The second-order valence-corrected chi connectivity index (χ2v) is 7.66. The van der Waals surface area contributed by atoms with E-state index in [1.54, 1.807) is 0 Å². The highest BCUT2D eigenvalue weighted by atomic mass is 16.5. The Hall–Kier alpha value is -1.88. The molecular weight excluding hydrogens is 330 g/mol. The topological polar surface area (TPSA) is 75.6 Å². The molecule has 142 valence electrons. The maximum Gasteiger partial charge on any atom is 0.326 e. The van der Waals surface area contributed by atoms with Crippen LogP contribution in [0.15, 0.2) is 24.3 Å². The van der Waals surface area contributed by atoms with Crippen molar-refractivity contribution in [3.05, 3.63) is 35.4 Å². The first kappa shape index (κ1) is 18.9. The number of ether oxygens (including phenoxy) is 1. The van der Waals surface area contributed by atoms with E-state index in [1.807, 2.05) is 19.1 Å². The number of aryl methyl sites for hydroxylation is 1. The summed E-state index contributed by atoms with van der Waals surface area (Å²) in [5, 5.41) is 12.5. The largest absolute Gasteiger partial charge is 0.480 e. The van der Waals surface area contributed by atoms with E-state index in [1.165, 1.54) is 11.1 Å². The standard InChI is InChI=1S/C21H29NO4/c1-14(15-9-11-26-12-10-15)20(23)22-19(21(24)25)13-17-7-4-6-16-5-2-3-8-18(16)17/h2-3,5,8,14-15,17,19H,4,6-7,9-13H2,1H3,(H,22,23)(H,24,25). The Balaban J connectivity index is 1.64. The van der Waals surface area contributed by atoms with Crippen molar-refractivity contribution in [1.82, 2.24) is 5.32 Å². The van der Waals surface area contributed by atoms with E-state index in [0.717, 1.165) is 32.1 Å². The van der Waals surface area contributed by atoms with E-state index in [0.29, 0.717) is 19.6 Å². The normalized spacial score (nSPS) is 22.9. The van der Waals surface area contributed by atoms with Gasteiger partial charge in [0.1, 0.15) is 6.04 Å². The third kappa shape index (κ3) is 4.44. The van der Waals surface area contributed by atoms with Crippen LogP contribution in [0.1, 0.15) is 56.1 Å². The number of amides is 1. The second-order valence-electron chi connectivity index (χ2n) is 7.66. The molecule has 0 spiro atoms. The molecule has 2 N–H and O–H groups in total. The quantitative estimate of drug-likeness (QED) is 0.818. The second kappa shape index (κ2) is 8.67. The van der Waals surface area contributed by atoms with E-state index >= 15 is 0 Å². The molecule has 1 aliphatic heterocycles. The van der Waals surface area contributed by atoms with Crippen LogP contribution in [0.25, 0.3) is 0 Å². The predicted octanol–water partition coefficient (Wildman–Crippen LogP) is 3.13. The first-order valence-electron chi connectivity index (χ1n) is 9.75. The Labute approximate surface area is 155 Å². The van der Waals surface area contributed by atoms with Gasteiger partial charge in [0.2, 0.25) is 5.91 Å². The Bertz CT molecular complexity index is 639. The smallest absolute Gasteiger partial charge is 0.326 e. The van der Waals surface area contributed by atoms with E-state index in [4.69, 9.17) is 4.74 Å². The molecule has 1 aliphatic carbocycles. The third-order valence-electron chi connectivity index (χ3n) is 6.02. The van der Waals surface area contributed by atoms with E-state index in [-0.39, 0.29) is 23.7 Å². The Morgan fingerprint density at radius 1 is 1.23 bits per heavy atom. The molecular formula is C21H29NO4. The highest BCUT2D eigenvalue weighted by molar-refractivity contribution is 5.85. The summed E-state index contributed by atoms with van der Waals surface area (Å²) >= 11 is 0. The van der Waals surface area contributed by atoms with Crippen LogP contribution in [-0.4, -0.2) is 36.2 Å². The van der Waals surface area contributed by atoms with E-state index in [2.05, 4.69) is 17.4 Å². The van der Waals surface area contributed by atoms with Gasteiger partial charge in [0, 0.05) is 19.1 Å².